The van der Waals surface area contributed by atoms with Crippen molar-refractivity contribution in [1.29, 1.82) is 0 Å². The number of halogens is 1. The number of anilines is 1. The van der Waals surface area contributed by atoms with Crippen molar-refractivity contribution in [2.45, 2.75) is 44.4 Å². The summed E-state index contributed by atoms with van der Waals surface area (Å²) in [7, 11) is 2.17. The van der Waals surface area contributed by atoms with E-state index < -0.39 is 12.2 Å². The van der Waals surface area contributed by atoms with Gasteiger partial charge in [0, 0.05) is 44.8 Å². The summed E-state index contributed by atoms with van der Waals surface area (Å²) in [5.41, 5.74) is 3.53. The zero-order valence-corrected chi connectivity index (χ0v) is 17.5. The predicted molar refractivity (Wildman–Crippen MR) is 116 cm³/mol. The van der Waals surface area contributed by atoms with E-state index in [4.69, 9.17) is 0 Å². The number of carbonyl (C=O) groups excluding carboxylic acids is 1. The van der Waals surface area contributed by atoms with E-state index in [0.717, 1.165) is 31.7 Å². The van der Waals surface area contributed by atoms with Crippen LogP contribution in [0.2, 0.25) is 0 Å². The van der Waals surface area contributed by atoms with Gasteiger partial charge in [-0.1, -0.05) is 18.2 Å². The zero-order valence-electron chi connectivity index (χ0n) is 17.5. The molecule has 1 aromatic rings. The van der Waals surface area contributed by atoms with Crippen LogP contribution >= 0.6 is 0 Å². The molecule has 3 aliphatic rings. The van der Waals surface area contributed by atoms with Gasteiger partial charge in [0.25, 0.3) is 0 Å². The van der Waals surface area contributed by atoms with Gasteiger partial charge in [-0.2, -0.15) is 0 Å². The molecule has 1 aromatic carbocycles. The van der Waals surface area contributed by atoms with Crippen LogP contribution in [0.1, 0.15) is 43.4 Å². The molecular formula is C23H33FN4O. The van der Waals surface area contributed by atoms with Crippen LogP contribution in [0.5, 0.6) is 0 Å². The van der Waals surface area contributed by atoms with E-state index in [1.807, 2.05) is 6.92 Å². The Balaban J connectivity index is 1.50. The van der Waals surface area contributed by atoms with Gasteiger partial charge in [-0.25, -0.2) is 4.39 Å². The normalized spacial score (nSPS) is 26.8. The molecule has 2 heterocycles. The molecule has 0 bridgehead atoms. The van der Waals surface area contributed by atoms with Crippen molar-refractivity contribution in [3.63, 3.8) is 0 Å². The van der Waals surface area contributed by atoms with Gasteiger partial charge in [0.05, 0.1) is 12.1 Å². The number of allylic oxidation sites excluding steroid dienone is 1. The van der Waals surface area contributed by atoms with E-state index in [1.54, 1.807) is 0 Å². The third-order valence-corrected chi connectivity index (χ3v) is 6.33. The minimum absolute atomic E-state index is 0.113. The standard InChI is InChI=1S/C23H33FN4O/c1-16(26-23(29)22-14-19(24)15-25-22)21-8-7-20(28-11-9-27(2)10-12-28)13-18(21)6-5-17-3-4-17/h5-8,13,16-17,19,22,25H,3-4,9-12,14-15H2,1-2H3,(H,26,29)/b6-5+/t16-,19+,22?/m0/s1. The van der Waals surface area contributed by atoms with Gasteiger partial charge in [-0.05, 0) is 56.0 Å². The maximum absolute atomic E-state index is 13.4. The molecule has 4 rings (SSSR count). The summed E-state index contributed by atoms with van der Waals surface area (Å²) in [5, 5.41) is 6.05. The van der Waals surface area contributed by atoms with Gasteiger partial charge in [0.1, 0.15) is 6.17 Å². The first-order chi connectivity index (χ1) is 14.0. The van der Waals surface area contributed by atoms with Crippen molar-refractivity contribution in [2.75, 3.05) is 44.7 Å². The lowest BCUT2D eigenvalue weighted by Crippen LogP contribution is -2.44. The molecule has 1 aliphatic carbocycles. The van der Waals surface area contributed by atoms with Crippen LogP contribution in [0.15, 0.2) is 24.3 Å². The van der Waals surface area contributed by atoms with Crippen LogP contribution in [0.25, 0.3) is 6.08 Å². The van der Waals surface area contributed by atoms with Crippen LogP contribution in [-0.2, 0) is 4.79 Å². The van der Waals surface area contributed by atoms with E-state index in [-0.39, 0.29) is 24.9 Å². The summed E-state index contributed by atoms with van der Waals surface area (Å²) in [4.78, 5) is 17.3. The molecule has 0 spiro atoms. The summed E-state index contributed by atoms with van der Waals surface area (Å²) >= 11 is 0. The van der Waals surface area contributed by atoms with Crippen molar-refractivity contribution in [2.24, 2.45) is 5.92 Å². The number of carbonyl (C=O) groups is 1. The topological polar surface area (TPSA) is 47.6 Å². The Morgan fingerprint density at radius 3 is 2.69 bits per heavy atom. The van der Waals surface area contributed by atoms with E-state index in [1.165, 1.54) is 24.1 Å². The van der Waals surface area contributed by atoms with Gasteiger partial charge in [-0.3, -0.25) is 4.79 Å². The number of benzene rings is 1. The molecule has 2 N–H and O–H groups in total. The number of hydrogen-bond donors (Lipinski definition) is 2. The lowest BCUT2D eigenvalue weighted by Gasteiger charge is -2.34. The number of rotatable bonds is 6. The Morgan fingerprint density at radius 2 is 2.03 bits per heavy atom. The third kappa shape index (κ3) is 5.17. The first-order valence-corrected chi connectivity index (χ1v) is 10.9. The third-order valence-electron chi connectivity index (χ3n) is 6.33. The van der Waals surface area contributed by atoms with Crippen molar-refractivity contribution >= 4 is 17.7 Å². The molecule has 3 atom stereocenters. The van der Waals surface area contributed by atoms with Gasteiger partial charge >= 0.3 is 0 Å². The van der Waals surface area contributed by atoms with Crippen LogP contribution in [-0.4, -0.2) is 62.8 Å². The van der Waals surface area contributed by atoms with Crippen molar-refractivity contribution < 1.29 is 9.18 Å². The summed E-state index contributed by atoms with van der Waals surface area (Å²) in [6.07, 6.45) is 6.40. The van der Waals surface area contributed by atoms with Gasteiger partial charge < -0.3 is 20.4 Å². The van der Waals surface area contributed by atoms with Crippen molar-refractivity contribution in [1.82, 2.24) is 15.5 Å². The molecule has 5 nitrogen and oxygen atoms in total. The second kappa shape index (κ2) is 8.84. The molecule has 3 fully saturated rings. The summed E-state index contributed by atoms with van der Waals surface area (Å²) in [5.74, 6) is 0.585. The maximum Gasteiger partial charge on any atom is 0.237 e. The Labute approximate surface area is 173 Å². The molecule has 6 heteroatoms. The molecule has 29 heavy (non-hydrogen) atoms. The molecule has 2 aliphatic heterocycles. The predicted octanol–water partition coefficient (Wildman–Crippen LogP) is 2.74. The van der Waals surface area contributed by atoms with Crippen molar-refractivity contribution in [3.8, 4) is 0 Å². The van der Waals surface area contributed by atoms with E-state index in [9.17, 15) is 9.18 Å². The van der Waals surface area contributed by atoms with Gasteiger partial charge in [-0.15, -0.1) is 0 Å². The molecule has 1 unspecified atom stereocenters. The highest BCUT2D eigenvalue weighted by atomic mass is 19.1. The minimum Gasteiger partial charge on any atom is -0.369 e. The number of likely N-dealkylation sites (N-methyl/N-ethyl adjacent to an activating group) is 1. The molecule has 0 radical (unpaired) electrons. The van der Waals surface area contributed by atoms with Crippen molar-refractivity contribution in [3.05, 3.63) is 35.4 Å². The Hall–Kier alpha value is -1.92. The number of alkyl halides is 1. The SMILES string of the molecule is C[C@H](NC(=O)C1C[C@@H](F)CN1)c1ccc(N2CCN(C)CC2)cc1/C=C/C1CC1. The first-order valence-electron chi connectivity index (χ1n) is 10.9. The molecule has 158 valence electrons. The highest BCUT2D eigenvalue weighted by Gasteiger charge is 2.30. The Kier molecular flexibility index (Phi) is 6.20. The highest BCUT2D eigenvalue weighted by molar-refractivity contribution is 5.82. The second-order valence-corrected chi connectivity index (χ2v) is 8.82. The Morgan fingerprint density at radius 1 is 1.28 bits per heavy atom. The number of piperazine rings is 1. The lowest BCUT2D eigenvalue weighted by atomic mass is 9.98. The Bertz CT molecular complexity index is 755. The van der Waals surface area contributed by atoms with E-state index >= 15 is 0 Å². The monoisotopic (exact) mass is 400 g/mol. The number of hydrogen-bond acceptors (Lipinski definition) is 4. The fourth-order valence-corrected chi connectivity index (χ4v) is 4.17. The van der Waals surface area contributed by atoms with Crippen LogP contribution in [0, 0.1) is 5.92 Å². The molecule has 1 amide bonds. The summed E-state index contributed by atoms with van der Waals surface area (Å²) in [6.45, 7) is 6.49. The maximum atomic E-state index is 13.4. The minimum atomic E-state index is -0.930. The van der Waals surface area contributed by atoms with Crippen LogP contribution < -0.4 is 15.5 Å². The molecular weight excluding hydrogens is 367 g/mol. The summed E-state index contributed by atoms with van der Waals surface area (Å²) in [6, 6.07) is 6.02. The quantitative estimate of drug-likeness (QED) is 0.771. The molecule has 0 aromatic heterocycles. The fraction of sp³-hybridized carbons (Fsp3) is 0.609. The first kappa shape index (κ1) is 20.4. The average molecular weight is 401 g/mol. The van der Waals surface area contributed by atoms with Crippen LogP contribution in [0.4, 0.5) is 10.1 Å². The largest absolute Gasteiger partial charge is 0.369 e. The van der Waals surface area contributed by atoms with Gasteiger partial charge in [0.15, 0.2) is 0 Å². The van der Waals surface area contributed by atoms with Gasteiger partial charge in [0.2, 0.25) is 5.91 Å². The van der Waals surface area contributed by atoms with E-state index in [0.29, 0.717) is 5.92 Å². The van der Waals surface area contributed by atoms with E-state index in [2.05, 4.69) is 57.8 Å². The fourth-order valence-electron chi connectivity index (χ4n) is 4.17. The molecule has 1 saturated carbocycles. The lowest BCUT2D eigenvalue weighted by molar-refractivity contribution is -0.123. The van der Waals surface area contributed by atoms with Crippen LogP contribution in [0.3, 0.4) is 0 Å². The molecule has 2 saturated heterocycles. The summed E-state index contributed by atoms with van der Waals surface area (Å²) < 4.78 is 13.4. The zero-order chi connectivity index (χ0) is 20.4. The second-order valence-electron chi connectivity index (χ2n) is 8.82. The average Bonchev–Trinajstić information content (AvgIpc) is 3.45. The number of nitrogens with one attached hydrogen (secondary N) is 2. The number of amides is 1. The number of nitrogens with zero attached hydrogens (tertiary/aromatic N) is 2. The highest BCUT2D eigenvalue weighted by Crippen LogP contribution is 2.33. The smallest absolute Gasteiger partial charge is 0.237 e.